The van der Waals surface area contributed by atoms with E-state index < -0.39 is 23.9 Å². The Balaban J connectivity index is 3.81. The van der Waals surface area contributed by atoms with Gasteiger partial charge in [-0.1, -0.05) is 0 Å². The van der Waals surface area contributed by atoms with Crippen molar-refractivity contribution in [2.45, 2.75) is 18.9 Å². The lowest BCUT2D eigenvalue weighted by atomic mass is 10.1. The molecule has 1 atom stereocenters. The summed E-state index contributed by atoms with van der Waals surface area (Å²) in [5, 5.41) is 19.4. The highest BCUT2D eigenvalue weighted by molar-refractivity contribution is 5.93. The Morgan fingerprint density at radius 1 is 1.28 bits per heavy atom. The summed E-state index contributed by atoms with van der Waals surface area (Å²) in [7, 11) is 1.31. The highest BCUT2D eigenvalue weighted by Gasteiger charge is 2.15. The van der Waals surface area contributed by atoms with Gasteiger partial charge < -0.3 is 20.4 Å². The molecule has 8 nitrogen and oxygen atoms in total. The average molecular weight is 260 g/mol. The molecule has 0 aliphatic carbocycles. The van der Waals surface area contributed by atoms with Gasteiger partial charge >= 0.3 is 11.9 Å². The molecule has 1 amide bonds. The molecule has 0 heterocycles. The lowest BCUT2D eigenvalue weighted by molar-refractivity contribution is -0.143. The van der Waals surface area contributed by atoms with Gasteiger partial charge in [0.05, 0.1) is 7.11 Å². The molecule has 0 aromatic rings. The molecule has 0 saturated carbocycles. The Morgan fingerprint density at radius 3 is 2.44 bits per heavy atom. The number of rotatable bonds is 9. The minimum atomic E-state index is -1.21. The molecule has 0 aliphatic heterocycles. The molecule has 0 aromatic heterocycles. The first kappa shape index (κ1) is 16.1. The van der Waals surface area contributed by atoms with Gasteiger partial charge in [-0.05, 0) is 12.8 Å². The molecule has 0 aliphatic rings. The standard InChI is InChI=1S/C10H16N2O6/c1-18-12-7(10(16)17)3-2-6-11-8(13)4-5-9(14)15/h4-5,7,12H,2-3,6H2,1H3,(H,11,13)(H,14,15)(H,16,17)/b5-4+. The maximum Gasteiger partial charge on any atom is 0.328 e. The lowest BCUT2D eigenvalue weighted by Gasteiger charge is -2.12. The first-order valence-electron chi connectivity index (χ1n) is 5.17. The number of carboxylic acid groups (broad SMARTS) is 2. The van der Waals surface area contributed by atoms with Crippen LogP contribution in [0.2, 0.25) is 0 Å². The molecule has 0 radical (unpaired) electrons. The van der Waals surface area contributed by atoms with Crippen molar-refractivity contribution in [2.24, 2.45) is 0 Å². The highest BCUT2D eigenvalue weighted by atomic mass is 16.6. The topological polar surface area (TPSA) is 125 Å². The molecule has 8 heteroatoms. The number of nitrogens with one attached hydrogen (secondary N) is 2. The van der Waals surface area contributed by atoms with Crippen molar-refractivity contribution < 1.29 is 29.4 Å². The number of hydroxylamine groups is 1. The third-order valence-electron chi connectivity index (χ3n) is 1.90. The number of carboxylic acids is 2. The Hall–Kier alpha value is -1.93. The average Bonchev–Trinajstić information content (AvgIpc) is 2.30. The maximum atomic E-state index is 11.0. The summed E-state index contributed by atoms with van der Waals surface area (Å²) >= 11 is 0. The van der Waals surface area contributed by atoms with Crippen molar-refractivity contribution >= 4 is 17.8 Å². The van der Waals surface area contributed by atoms with Gasteiger partial charge in [0.1, 0.15) is 6.04 Å². The van der Waals surface area contributed by atoms with E-state index >= 15 is 0 Å². The van der Waals surface area contributed by atoms with E-state index in [1.165, 1.54) is 7.11 Å². The fraction of sp³-hybridized carbons (Fsp3) is 0.500. The highest BCUT2D eigenvalue weighted by Crippen LogP contribution is 1.96. The van der Waals surface area contributed by atoms with Crippen LogP contribution >= 0.6 is 0 Å². The monoisotopic (exact) mass is 260 g/mol. The van der Waals surface area contributed by atoms with Crippen LogP contribution in [0.5, 0.6) is 0 Å². The fourth-order valence-electron chi connectivity index (χ4n) is 1.10. The molecular weight excluding hydrogens is 244 g/mol. The largest absolute Gasteiger partial charge is 0.480 e. The van der Waals surface area contributed by atoms with E-state index in [2.05, 4.69) is 15.6 Å². The van der Waals surface area contributed by atoms with Gasteiger partial charge in [-0.2, -0.15) is 5.48 Å². The van der Waals surface area contributed by atoms with Crippen molar-refractivity contribution in [2.75, 3.05) is 13.7 Å². The second-order valence-corrected chi connectivity index (χ2v) is 3.32. The summed E-state index contributed by atoms with van der Waals surface area (Å²) in [5.74, 6) is -2.79. The number of hydrogen-bond donors (Lipinski definition) is 4. The molecule has 0 rings (SSSR count). The van der Waals surface area contributed by atoms with Gasteiger partial charge in [-0.3, -0.25) is 9.59 Å². The Labute approximate surface area is 104 Å². The van der Waals surface area contributed by atoms with Gasteiger partial charge in [0, 0.05) is 18.7 Å². The van der Waals surface area contributed by atoms with Crippen molar-refractivity contribution in [1.29, 1.82) is 0 Å². The lowest BCUT2D eigenvalue weighted by Crippen LogP contribution is -2.36. The van der Waals surface area contributed by atoms with E-state index in [-0.39, 0.29) is 13.0 Å². The predicted molar refractivity (Wildman–Crippen MR) is 60.6 cm³/mol. The van der Waals surface area contributed by atoms with Crippen LogP contribution in [0.4, 0.5) is 0 Å². The molecule has 4 N–H and O–H groups in total. The Bertz CT molecular complexity index is 328. The van der Waals surface area contributed by atoms with Gasteiger partial charge in [0.2, 0.25) is 5.91 Å². The normalized spacial score (nSPS) is 12.3. The number of carbonyl (C=O) groups excluding carboxylic acids is 1. The van der Waals surface area contributed by atoms with Crippen LogP contribution in [0, 0.1) is 0 Å². The number of hydrogen-bond acceptors (Lipinski definition) is 5. The predicted octanol–water partition coefficient (Wildman–Crippen LogP) is -0.872. The molecule has 18 heavy (non-hydrogen) atoms. The first-order valence-corrected chi connectivity index (χ1v) is 5.17. The van der Waals surface area contributed by atoms with Gasteiger partial charge in [0.15, 0.2) is 0 Å². The molecule has 102 valence electrons. The van der Waals surface area contributed by atoms with E-state index in [4.69, 9.17) is 10.2 Å². The summed E-state index contributed by atoms with van der Waals surface area (Å²) < 4.78 is 0. The van der Waals surface area contributed by atoms with Crippen LogP contribution < -0.4 is 10.8 Å². The van der Waals surface area contributed by atoms with E-state index in [9.17, 15) is 14.4 Å². The SMILES string of the molecule is CONC(CCCNC(=O)/C=C/C(=O)O)C(=O)O. The number of aliphatic carboxylic acids is 2. The second-order valence-electron chi connectivity index (χ2n) is 3.32. The number of carbonyl (C=O) groups is 3. The molecule has 0 fully saturated rings. The van der Waals surface area contributed by atoms with Crippen LogP contribution in [0.25, 0.3) is 0 Å². The summed E-state index contributed by atoms with van der Waals surface area (Å²) in [4.78, 5) is 36.4. The molecule has 0 saturated heterocycles. The Morgan fingerprint density at radius 2 is 1.94 bits per heavy atom. The number of amides is 1. The zero-order valence-corrected chi connectivity index (χ0v) is 9.88. The molecule has 0 aromatic carbocycles. The summed E-state index contributed by atoms with van der Waals surface area (Å²) in [6, 6.07) is -0.846. The van der Waals surface area contributed by atoms with Crippen LogP contribution in [0.3, 0.4) is 0 Å². The van der Waals surface area contributed by atoms with E-state index in [1.54, 1.807) is 0 Å². The van der Waals surface area contributed by atoms with E-state index in [1.807, 2.05) is 0 Å². The van der Waals surface area contributed by atoms with E-state index in [0.29, 0.717) is 6.42 Å². The fourth-order valence-corrected chi connectivity index (χ4v) is 1.10. The Kier molecular flexibility index (Phi) is 8.16. The summed E-state index contributed by atoms with van der Waals surface area (Å²) in [5.41, 5.74) is 2.31. The molecule has 1 unspecified atom stereocenters. The molecule has 0 bridgehead atoms. The van der Waals surface area contributed by atoms with Crippen LogP contribution in [-0.4, -0.2) is 47.8 Å². The van der Waals surface area contributed by atoms with Gasteiger partial charge in [-0.25, -0.2) is 4.79 Å². The minimum absolute atomic E-state index is 0.248. The minimum Gasteiger partial charge on any atom is -0.480 e. The van der Waals surface area contributed by atoms with Crippen LogP contribution in [-0.2, 0) is 19.2 Å². The first-order chi connectivity index (χ1) is 8.47. The van der Waals surface area contributed by atoms with E-state index in [0.717, 1.165) is 12.2 Å². The van der Waals surface area contributed by atoms with Gasteiger partial charge in [-0.15, -0.1) is 0 Å². The molecular formula is C10H16N2O6. The second kappa shape index (κ2) is 9.14. The summed E-state index contributed by atoms with van der Waals surface area (Å²) in [6.45, 7) is 0.248. The summed E-state index contributed by atoms with van der Waals surface area (Å²) in [6.07, 6.45) is 2.30. The third kappa shape index (κ3) is 8.25. The van der Waals surface area contributed by atoms with Gasteiger partial charge in [0.25, 0.3) is 0 Å². The molecule has 0 spiro atoms. The van der Waals surface area contributed by atoms with Crippen molar-refractivity contribution in [1.82, 2.24) is 10.8 Å². The zero-order valence-electron chi connectivity index (χ0n) is 9.88. The smallest absolute Gasteiger partial charge is 0.328 e. The van der Waals surface area contributed by atoms with Crippen molar-refractivity contribution in [3.05, 3.63) is 12.2 Å². The zero-order chi connectivity index (χ0) is 14.0. The quantitative estimate of drug-likeness (QED) is 0.241. The third-order valence-corrected chi connectivity index (χ3v) is 1.90. The van der Waals surface area contributed by atoms with Crippen LogP contribution in [0.15, 0.2) is 12.2 Å². The van der Waals surface area contributed by atoms with Crippen molar-refractivity contribution in [3.8, 4) is 0 Å². The maximum absolute atomic E-state index is 11.0. The van der Waals surface area contributed by atoms with Crippen LogP contribution in [0.1, 0.15) is 12.8 Å². The van der Waals surface area contributed by atoms with Crippen molar-refractivity contribution in [3.63, 3.8) is 0 Å².